The van der Waals surface area contributed by atoms with E-state index in [9.17, 15) is 10.1 Å². The summed E-state index contributed by atoms with van der Waals surface area (Å²) in [6.07, 6.45) is 3.86. The summed E-state index contributed by atoms with van der Waals surface area (Å²) in [6.45, 7) is 2.27. The molecule has 1 unspecified atom stereocenters. The van der Waals surface area contributed by atoms with E-state index in [-0.39, 0.29) is 10.6 Å². The van der Waals surface area contributed by atoms with Crippen LogP contribution in [0, 0.1) is 10.1 Å². The minimum Gasteiger partial charge on any atom is -0.372 e. The zero-order chi connectivity index (χ0) is 19.3. The first kappa shape index (κ1) is 18.6. The number of anilines is 1. The topological polar surface area (TPSA) is 46.4 Å². The van der Waals surface area contributed by atoms with Crippen molar-refractivity contribution in [2.75, 3.05) is 18.0 Å². The highest BCUT2D eigenvalue weighted by Crippen LogP contribution is 2.34. The lowest BCUT2D eigenvalue weighted by Crippen LogP contribution is -2.29. The minimum absolute atomic E-state index is 0.132. The van der Waals surface area contributed by atoms with Gasteiger partial charge in [-0.2, -0.15) is 0 Å². The zero-order valence-corrected chi connectivity index (χ0v) is 16.6. The molecule has 5 heteroatoms. The maximum Gasteiger partial charge on any atom is 0.269 e. The largest absolute Gasteiger partial charge is 0.372 e. The quantitative estimate of drug-likeness (QED) is 0.370. The van der Waals surface area contributed by atoms with Crippen molar-refractivity contribution in [2.45, 2.75) is 19.3 Å². The second kappa shape index (κ2) is 8.53. The number of nitro groups is 1. The second-order valence-electron chi connectivity index (χ2n) is 7.01. The summed E-state index contributed by atoms with van der Waals surface area (Å²) >= 11 is 0. The summed E-state index contributed by atoms with van der Waals surface area (Å²) in [5, 5.41) is 14.6. The van der Waals surface area contributed by atoms with E-state index in [0.29, 0.717) is 0 Å². The van der Waals surface area contributed by atoms with E-state index in [4.69, 9.17) is 0 Å². The molecule has 3 aromatic carbocycles. The SMILES string of the molecule is O=[N+]([O-])c1ccc(P(c2ccccc2)c2ccc(N3CCCCC3)cc2)cc1. The third-order valence-corrected chi connectivity index (χ3v) is 7.61. The summed E-state index contributed by atoms with van der Waals surface area (Å²) < 4.78 is 0. The summed E-state index contributed by atoms with van der Waals surface area (Å²) in [5.74, 6) is 0. The average Bonchev–Trinajstić information content (AvgIpc) is 2.76. The van der Waals surface area contributed by atoms with E-state index in [2.05, 4.69) is 53.4 Å². The van der Waals surface area contributed by atoms with Crippen molar-refractivity contribution in [3.63, 3.8) is 0 Å². The van der Waals surface area contributed by atoms with Crippen LogP contribution in [0.25, 0.3) is 0 Å². The van der Waals surface area contributed by atoms with Gasteiger partial charge in [0.1, 0.15) is 0 Å². The van der Waals surface area contributed by atoms with Gasteiger partial charge in [0, 0.05) is 30.9 Å². The van der Waals surface area contributed by atoms with Crippen molar-refractivity contribution < 1.29 is 4.92 Å². The maximum absolute atomic E-state index is 11.0. The van der Waals surface area contributed by atoms with Gasteiger partial charge in [-0.25, -0.2) is 0 Å². The van der Waals surface area contributed by atoms with Crippen LogP contribution >= 0.6 is 7.92 Å². The van der Waals surface area contributed by atoms with E-state index < -0.39 is 7.92 Å². The Labute approximate surface area is 166 Å². The molecule has 0 bridgehead atoms. The van der Waals surface area contributed by atoms with E-state index >= 15 is 0 Å². The molecular formula is C23H23N2O2P. The molecule has 1 aliphatic rings. The number of nitrogens with zero attached hydrogens (tertiary/aromatic N) is 2. The number of nitro benzene ring substituents is 1. The Morgan fingerprint density at radius 3 is 1.82 bits per heavy atom. The predicted molar refractivity (Wildman–Crippen MR) is 118 cm³/mol. The number of benzene rings is 3. The van der Waals surface area contributed by atoms with Gasteiger partial charge >= 0.3 is 0 Å². The summed E-state index contributed by atoms with van der Waals surface area (Å²) in [5.41, 5.74) is 1.42. The first-order valence-corrected chi connectivity index (χ1v) is 11.0. The third kappa shape index (κ3) is 4.07. The van der Waals surface area contributed by atoms with Crippen LogP contribution in [0.15, 0.2) is 78.9 Å². The smallest absolute Gasteiger partial charge is 0.269 e. The molecule has 0 spiro atoms. The highest BCUT2D eigenvalue weighted by molar-refractivity contribution is 7.79. The predicted octanol–water partition coefficient (Wildman–Crippen LogP) is 4.34. The normalized spacial score (nSPS) is 15.2. The average molecular weight is 390 g/mol. The molecule has 0 amide bonds. The molecule has 28 heavy (non-hydrogen) atoms. The van der Waals surface area contributed by atoms with Crippen molar-refractivity contribution in [3.05, 3.63) is 89.0 Å². The monoisotopic (exact) mass is 390 g/mol. The highest BCUT2D eigenvalue weighted by Gasteiger charge is 2.18. The van der Waals surface area contributed by atoms with Crippen LogP contribution < -0.4 is 20.8 Å². The van der Waals surface area contributed by atoms with Crippen molar-refractivity contribution in [1.29, 1.82) is 0 Å². The van der Waals surface area contributed by atoms with Gasteiger partial charge in [-0.3, -0.25) is 10.1 Å². The first-order chi connectivity index (χ1) is 13.7. The molecule has 1 aliphatic heterocycles. The Morgan fingerprint density at radius 1 is 0.714 bits per heavy atom. The Kier molecular flexibility index (Phi) is 5.68. The third-order valence-electron chi connectivity index (χ3n) is 5.16. The Hall–Kier alpha value is -2.71. The molecule has 1 saturated heterocycles. The lowest BCUT2D eigenvalue weighted by molar-refractivity contribution is -0.384. The standard InChI is InChI=1S/C23H23N2O2P/c26-25(27)20-11-15-23(16-12-20)28(21-7-3-1-4-8-21)22-13-9-19(10-14-22)24-17-5-2-6-18-24/h1,3-4,7-16H,2,5-6,17-18H2. The van der Waals surface area contributed by atoms with Crippen LogP contribution in [0.1, 0.15) is 19.3 Å². The highest BCUT2D eigenvalue weighted by atomic mass is 31.1. The number of non-ortho nitro benzene ring substituents is 1. The molecule has 0 aromatic heterocycles. The Balaban J connectivity index is 1.68. The number of rotatable bonds is 5. The van der Waals surface area contributed by atoms with Crippen LogP contribution in [-0.4, -0.2) is 18.0 Å². The van der Waals surface area contributed by atoms with Gasteiger partial charge in [-0.15, -0.1) is 0 Å². The van der Waals surface area contributed by atoms with E-state index in [0.717, 1.165) is 18.4 Å². The number of hydrogen-bond acceptors (Lipinski definition) is 3. The van der Waals surface area contributed by atoms with Crippen LogP contribution in [0.4, 0.5) is 11.4 Å². The van der Waals surface area contributed by atoms with Gasteiger partial charge in [0.15, 0.2) is 0 Å². The van der Waals surface area contributed by atoms with Crippen LogP contribution in [0.3, 0.4) is 0 Å². The van der Waals surface area contributed by atoms with Crippen molar-refractivity contribution >= 4 is 35.2 Å². The molecule has 3 aromatic rings. The van der Waals surface area contributed by atoms with Crippen molar-refractivity contribution in [1.82, 2.24) is 0 Å². The zero-order valence-electron chi connectivity index (χ0n) is 15.7. The van der Waals surface area contributed by atoms with E-state index in [1.165, 1.54) is 35.6 Å². The molecule has 0 aliphatic carbocycles. The lowest BCUT2D eigenvalue weighted by Gasteiger charge is -2.29. The fourth-order valence-electron chi connectivity index (χ4n) is 3.71. The molecular weight excluding hydrogens is 367 g/mol. The molecule has 142 valence electrons. The van der Waals surface area contributed by atoms with Crippen LogP contribution in [-0.2, 0) is 0 Å². The van der Waals surface area contributed by atoms with Gasteiger partial charge in [-0.05, 0) is 67.4 Å². The lowest BCUT2D eigenvalue weighted by atomic mass is 10.1. The fraction of sp³-hybridized carbons (Fsp3) is 0.217. The molecule has 4 rings (SSSR count). The molecule has 1 fully saturated rings. The number of piperidine rings is 1. The maximum atomic E-state index is 11.0. The first-order valence-electron chi connectivity index (χ1n) is 9.67. The van der Waals surface area contributed by atoms with Crippen molar-refractivity contribution in [3.8, 4) is 0 Å². The fourth-order valence-corrected chi connectivity index (χ4v) is 5.97. The van der Waals surface area contributed by atoms with Crippen LogP contribution in [0.2, 0.25) is 0 Å². The Morgan fingerprint density at radius 2 is 1.25 bits per heavy atom. The van der Waals surface area contributed by atoms with Gasteiger partial charge < -0.3 is 4.90 Å². The molecule has 4 nitrogen and oxygen atoms in total. The Bertz CT molecular complexity index is 921. The van der Waals surface area contributed by atoms with E-state index in [1.54, 1.807) is 12.1 Å². The van der Waals surface area contributed by atoms with Crippen molar-refractivity contribution in [2.24, 2.45) is 0 Å². The summed E-state index contributed by atoms with van der Waals surface area (Å²) in [4.78, 5) is 13.1. The minimum atomic E-state index is -0.749. The summed E-state index contributed by atoms with van der Waals surface area (Å²) in [6, 6.07) is 26.3. The molecule has 1 heterocycles. The molecule has 1 atom stereocenters. The van der Waals surface area contributed by atoms with Gasteiger partial charge in [-0.1, -0.05) is 42.5 Å². The van der Waals surface area contributed by atoms with Gasteiger partial charge in [0.2, 0.25) is 0 Å². The summed E-state index contributed by atoms with van der Waals surface area (Å²) in [7, 11) is -0.749. The van der Waals surface area contributed by atoms with Gasteiger partial charge in [0.25, 0.3) is 5.69 Å². The molecule has 0 N–H and O–H groups in total. The van der Waals surface area contributed by atoms with Crippen LogP contribution in [0.5, 0.6) is 0 Å². The second-order valence-corrected chi connectivity index (χ2v) is 9.23. The number of hydrogen-bond donors (Lipinski definition) is 0. The van der Waals surface area contributed by atoms with Gasteiger partial charge in [0.05, 0.1) is 4.92 Å². The molecule has 0 radical (unpaired) electrons. The van der Waals surface area contributed by atoms with E-state index in [1.807, 2.05) is 18.2 Å². The molecule has 0 saturated carbocycles.